The van der Waals surface area contributed by atoms with E-state index in [0.29, 0.717) is 10.0 Å². The van der Waals surface area contributed by atoms with Gasteiger partial charge in [0.2, 0.25) is 0 Å². The zero-order valence-corrected chi connectivity index (χ0v) is 18.9. The van der Waals surface area contributed by atoms with Gasteiger partial charge in [0, 0.05) is 21.4 Å². The lowest BCUT2D eigenvalue weighted by molar-refractivity contribution is 0.253. The van der Waals surface area contributed by atoms with E-state index < -0.39 is 0 Å². The minimum absolute atomic E-state index is 0.00180. The Kier molecular flexibility index (Phi) is 5.19. The van der Waals surface area contributed by atoms with E-state index in [1.165, 1.54) is 11.1 Å². The molecule has 0 bridgehead atoms. The van der Waals surface area contributed by atoms with Crippen molar-refractivity contribution >= 4 is 40.6 Å². The lowest BCUT2D eigenvalue weighted by atomic mass is 9.82. The molecule has 1 aliphatic heterocycles. The molecule has 2 amide bonds. The summed E-state index contributed by atoms with van der Waals surface area (Å²) >= 11 is 12.3. The summed E-state index contributed by atoms with van der Waals surface area (Å²) in [5.41, 5.74) is 3.81. The van der Waals surface area contributed by atoms with Crippen LogP contribution in [0.2, 0.25) is 10.0 Å². The maximum atomic E-state index is 14.1. The van der Waals surface area contributed by atoms with Gasteiger partial charge in [0.1, 0.15) is 0 Å². The molecule has 1 aliphatic carbocycles. The highest BCUT2D eigenvalue weighted by molar-refractivity contribution is 6.31. The molecule has 158 valence electrons. The molecule has 3 nitrogen and oxygen atoms in total. The largest absolute Gasteiger partial charge is 0.330 e. The molecule has 1 spiro atoms. The van der Waals surface area contributed by atoms with Crippen molar-refractivity contribution < 1.29 is 4.79 Å². The smallest absolute Gasteiger partial charge is 0.285 e. The maximum Gasteiger partial charge on any atom is 0.330 e. The first-order valence-corrected chi connectivity index (χ1v) is 11.5. The van der Waals surface area contributed by atoms with Gasteiger partial charge in [-0.05, 0) is 73.9 Å². The van der Waals surface area contributed by atoms with Gasteiger partial charge < -0.3 is 0 Å². The summed E-state index contributed by atoms with van der Waals surface area (Å²) < 4.78 is 0. The van der Waals surface area contributed by atoms with Crippen LogP contribution >= 0.6 is 23.2 Å². The summed E-state index contributed by atoms with van der Waals surface area (Å²) in [6.07, 6.45) is 4.14. The molecule has 1 heterocycles. The summed E-state index contributed by atoms with van der Waals surface area (Å²) in [7, 11) is 0. The molecule has 1 saturated heterocycles. The van der Waals surface area contributed by atoms with Crippen LogP contribution in [-0.2, 0) is 0 Å². The van der Waals surface area contributed by atoms with Crippen LogP contribution in [0.25, 0.3) is 0 Å². The highest BCUT2D eigenvalue weighted by atomic mass is 35.5. The molecule has 0 unspecified atom stereocenters. The third kappa shape index (κ3) is 3.40. The van der Waals surface area contributed by atoms with Gasteiger partial charge in [0.15, 0.2) is 0 Å². The lowest BCUT2D eigenvalue weighted by Gasteiger charge is -2.39. The first-order valence-electron chi connectivity index (χ1n) is 10.7. The first kappa shape index (κ1) is 20.4. The third-order valence-corrected chi connectivity index (χ3v) is 7.13. The second-order valence-electron chi connectivity index (χ2n) is 8.57. The van der Waals surface area contributed by atoms with E-state index in [1.807, 2.05) is 58.3 Å². The number of hydrogen-bond acceptors (Lipinski definition) is 1. The van der Waals surface area contributed by atoms with Crippen LogP contribution in [0.15, 0.2) is 72.8 Å². The second-order valence-corrected chi connectivity index (χ2v) is 9.44. The van der Waals surface area contributed by atoms with Crippen molar-refractivity contribution in [1.82, 2.24) is 0 Å². The van der Waals surface area contributed by atoms with E-state index in [4.69, 9.17) is 23.2 Å². The Morgan fingerprint density at radius 1 is 0.839 bits per heavy atom. The van der Waals surface area contributed by atoms with E-state index in [-0.39, 0.29) is 17.6 Å². The van der Waals surface area contributed by atoms with E-state index in [0.717, 1.165) is 37.1 Å². The quantitative estimate of drug-likeness (QED) is 0.399. The fourth-order valence-corrected chi connectivity index (χ4v) is 5.63. The van der Waals surface area contributed by atoms with Crippen molar-refractivity contribution in [3.63, 3.8) is 0 Å². The van der Waals surface area contributed by atoms with Crippen molar-refractivity contribution in [3.05, 3.63) is 94.0 Å². The second kappa shape index (κ2) is 7.89. The highest BCUT2D eigenvalue weighted by Gasteiger charge is 2.59. The first-order chi connectivity index (χ1) is 15.0. The van der Waals surface area contributed by atoms with Crippen LogP contribution in [0.4, 0.5) is 16.2 Å². The molecule has 2 fully saturated rings. The molecule has 0 N–H and O–H groups in total. The predicted octanol–water partition coefficient (Wildman–Crippen LogP) is 7.80. The van der Waals surface area contributed by atoms with Crippen LogP contribution in [0.1, 0.15) is 42.9 Å². The minimum atomic E-state index is -0.307. The van der Waals surface area contributed by atoms with Crippen molar-refractivity contribution in [3.8, 4) is 0 Å². The van der Waals surface area contributed by atoms with E-state index in [2.05, 4.69) is 31.2 Å². The molecule has 5 rings (SSSR count). The molecule has 3 aromatic carbocycles. The Balaban J connectivity index is 1.73. The van der Waals surface area contributed by atoms with Gasteiger partial charge in [-0.25, -0.2) is 4.79 Å². The Morgan fingerprint density at radius 3 is 2.00 bits per heavy atom. The average molecular weight is 451 g/mol. The Hall–Kier alpha value is -2.49. The molecule has 0 aromatic heterocycles. The molecule has 5 heteroatoms. The summed E-state index contributed by atoms with van der Waals surface area (Å²) in [4.78, 5) is 18.1. The number of urea groups is 1. The zero-order valence-electron chi connectivity index (χ0n) is 17.4. The normalized spacial score (nSPS) is 20.1. The lowest BCUT2D eigenvalue weighted by Crippen LogP contribution is -2.46. The summed E-state index contributed by atoms with van der Waals surface area (Å²) in [6, 6.07) is 23.7. The number of carbonyl (C=O) groups is 1. The van der Waals surface area contributed by atoms with Gasteiger partial charge in [0.05, 0.1) is 11.6 Å². The molecule has 0 radical (unpaired) electrons. The van der Waals surface area contributed by atoms with E-state index >= 15 is 0 Å². The van der Waals surface area contributed by atoms with Crippen LogP contribution in [0.3, 0.4) is 0 Å². The van der Waals surface area contributed by atoms with Gasteiger partial charge in [0.25, 0.3) is 0 Å². The molecule has 31 heavy (non-hydrogen) atoms. The summed E-state index contributed by atoms with van der Waals surface area (Å²) in [5, 5.41) is 1.33. The van der Waals surface area contributed by atoms with Crippen molar-refractivity contribution in [2.24, 2.45) is 0 Å². The summed E-state index contributed by atoms with van der Waals surface area (Å²) in [5.74, 6) is 0. The maximum absolute atomic E-state index is 14.1. The van der Waals surface area contributed by atoms with E-state index in [9.17, 15) is 4.79 Å². The van der Waals surface area contributed by atoms with Crippen molar-refractivity contribution in [1.29, 1.82) is 0 Å². The molecule has 3 aromatic rings. The topological polar surface area (TPSA) is 23.6 Å². The Bertz CT molecular complexity index is 1110. The van der Waals surface area contributed by atoms with Gasteiger partial charge >= 0.3 is 6.03 Å². The SMILES string of the molecule is Cc1cccc([C@@H]2N(c3ccc(Cl)cc3)C(=O)N(c3ccc(Cl)cc3)C23CCCC3)c1. The number of nitrogens with zero attached hydrogens (tertiary/aromatic N) is 2. The van der Waals surface area contributed by atoms with E-state index in [1.54, 1.807) is 0 Å². The number of anilines is 2. The Morgan fingerprint density at radius 2 is 1.42 bits per heavy atom. The van der Waals surface area contributed by atoms with Gasteiger partial charge in [-0.1, -0.05) is 65.9 Å². The molecular weight excluding hydrogens is 427 g/mol. The van der Waals surface area contributed by atoms with Crippen LogP contribution < -0.4 is 9.80 Å². The third-order valence-electron chi connectivity index (χ3n) is 6.63. The molecule has 1 saturated carbocycles. The van der Waals surface area contributed by atoms with Crippen LogP contribution in [0, 0.1) is 6.92 Å². The van der Waals surface area contributed by atoms with Gasteiger partial charge in [-0.2, -0.15) is 0 Å². The monoisotopic (exact) mass is 450 g/mol. The number of benzene rings is 3. The molecule has 1 atom stereocenters. The number of aryl methyl sites for hydroxylation is 1. The Labute approximate surface area is 193 Å². The van der Waals surface area contributed by atoms with Gasteiger partial charge in [-0.3, -0.25) is 9.80 Å². The van der Waals surface area contributed by atoms with Crippen molar-refractivity contribution in [2.45, 2.75) is 44.2 Å². The number of carbonyl (C=O) groups excluding carboxylic acids is 1. The minimum Gasteiger partial charge on any atom is -0.285 e. The molecular formula is C26H24Cl2N2O. The van der Waals surface area contributed by atoms with Crippen molar-refractivity contribution in [2.75, 3.05) is 9.80 Å². The zero-order chi connectivity index (χ0) is 21.6. The number of amides is 2. The molecule has 2 aliphatic rings. The number of hydrogen-bond donors (Lipinski definition) is 0. The fourth-order valence-electron chi connectivity index (χ4n) is 5.37. The highest BCUT2D eigenvalue weighted by Crippen LogP contribution is 2.55. The standard InChI is InChI=1S/C26H24Cl2N2O/c1-18-5-4-6-19(17-18)24-26(15-2-3-16-26)30(23-13-9-21(28)10-14-23)25(31)29(24)22-11-7-20(27)8-12-22/h4-14,17,24H,2-3,15-16H2,1H3/t24-/m0/s1. The predicted molar refractivity (Wildman–Crippen MR) is 128 cm³/mol. The fraction of sp³-hybridized carbons (Fsp3) is 0.269. The number of halogens is 2. The van der Waals surface area contributed by atoms with Crippen LogP contribution in [-0.4, -0.2) is 11.6 Å². The number of rotatable bonds is 3. The van der Waals surface area contributed by atoms with Gasteiger partial charge in [-0.15, -0.1) is 0 Å². The van der Waals surface area contributed by atoms with Crippen LogP contribution in [0.5, 0.6) is 0 Å². The average Bonchev–Trinajstić information content (AvgIpc) is 3.33. The summed E-state index contributed by atoms with van der Waals surface area (Å²) in [6.45, 7) is 2.10.